The fourth-order valence-electron chi connectivity index (χ4n) is 0.490. The lowest BCUT2D eigenvalue weighted by atomic mass is 10.5. The molecule has 56 valence electrons. The quantitative estimate of drug-likeness (QED) is 0.647. The highest BCUT2D eigenvalue weighted by molar-refractivity contribution is 7.94. The Balaban J connectivity index is 0.000000810. The molecule has 0 aliphatic rings. The van der Waals surface area contributed by atoms with Gasteiger partial charge in [-0.25, -0.2) is 0 Å². The smallest absolute Gasteiger partial charge is 0.140 e. The minimum absolute atomic E-state index is 0. The summed E-state index contributed by atoms with van der Waals surface area (Å²) in [5.41, 5.74) is 0. The fourth-order valence-corrected chi connectivity index (χ4v) is 0.794. The number of hydrogen-bond acceptors (Lipinski definition) is 3. The van der Waals surface area contributed by atoms with Crippen LogP contribution in [-0.2, 0) is 0 Å². The third-order valence-electron chi connectivity index (χ3n) is 0.829. The second-order valence-electron chi connectivity index (χ2n) is 1.43. The first kappa shape index (κ1) is 9.59. The molecule has 0 spiro atoms. The maximum absolute atomic E-state index is 5.08. The number of hydrogen-bond donors (Lipinski definition) is 0. The Morgan fingerprint density at radius 1 is 1.40 bits per heavy atom. The van der Waals surface area contributed by atoms with Crippen molar-refractivity contribution in [2.45, 2.75) is 0 Å². The zero-order valence-corrected chi connectivity index (χ0v) is 7.11. The highest BCUT2D eigenvalue weighted by atomic mass is 35.5. The summed E-state index contributed by atoms with van der Waals surface area (Å²) in [6.07, 6.45) is 5.28. The van der Waals surface area contributed by atoms with Crippen molar-refractivity contribution in [1.82, 2.24) is 4.98 Å². The van der Waals surface area contributed by atoms with E-state index in [1.165, 1.54) is 12.0 Å². The molecule has 1 aromatic heterocycles. The lowest BCUT2D eigenvalue weighted by Crippen LogP contribution is -1.77. The van der Waals surface area contributed by atoms with E-state index in [-0.39, 0.29) is 12.4 Å². The van der Waals surface area contributed by atoms with Crippen LogP contribution in [-0.4, -0.2) is 11.2 Å². The minimum Gasteiger partial charge on any atom is -0.426 e. The highest BCUT2D eigenvalue weighted by Gasteiger charge is 1.86. The topological polar surface area (TPSA) is 22.1 Å². The molecule has 1 aromatic rings. The maximum Gasteiger partial charge on any atom is 0.140 e. The molecule has 0 bridgehead atoms. The zero-order valence-electron chi connectivity index (χ0n) is 5.48. The number of rotatable bonds is 2. The van der Waals surface area contributed by atoms with Gasteiger partial charge in [-0.15, -0.1) is 12.4 Å². The average Bonchev–Trinajstić information content (AvgIpc) is 1.91. The van der Waals surface area contributed by atoms with Crippen LogP contribution in [0.25, 0.3) is 0 Å². The lowest BCUT2D eigenvalue weighted by molar-refractivity contribution is 0.648. The van der Waals surface area contributed by atoms with Gasteiger partial charge in [-0.3, -0.25) is 4.98 Å². The van der Waals surface area contributed by atoms with E-state index in [0.29, 0.717) is 0 Å². The van der Waals surface area contributed by atoms with Crippen LogP contribution in [0.15, 0.2) is 24.5 Å². The number of pyridine rings is 1. The Hall–Kier alpha value is -0.410. The van der Waals surface area contributed by atoms with Crippen LogP contribution in [0.4, 0.5) is 0 Å². The molecule has 2 nitrogen and oxygen atoms in total. The molecule has 0 radical (unpaired) electrons. The molecule has 1 heterocycles. The number of aromatic nitrogens is 1. The van der Waals surface area contributed by atoms with Gasteiger partial charge in [-0.2, -0.15) is 0 Å². The molecule has 0 aromatic carbocycles. The van der Waals surface area contributed by atoms with Gasteiger partial charge in [0.1, 0.15) is 5.75 Å². The van der Waals surface area contributed by atoms with Crippen molar-refractivity contribution in [3.8, 4) is 5.75 Å². The van der Waals surface area contributed by atoms with Crippen LogP contribution in [0.2, 0.25) is 0 Å². The van der Waals surface area contributed by atoms with Gasteiger partial charge in [0.05, 0.1) is 12.0 Å². The minimum atomic E-state index is 0. The molecule has 4 heteroatoms. The number of nitrogens with zero attached hydrogens (tertiary/aromatic N) is 1. The maximum atomic E-state index is 5.08. The predicted octanol–water partition coefficient (Wildman–Crippen LogP) is 2.16. The monoisotopic (exact) mass is 177 g/mol. The van der Waals surface area contributed by atoms with E-state index < -0.39 is 0 Å². The second-order valence-corrected chi connectivity index (χ2v) is 1.93. The van der Waals surface area contributed by atoms with Gasteiger partial charge < -0.3 is 4.18 Å². The van der Waals surface area contributed by atoms with Crippen molar-refractivity contribution >= 4 is 24.4 Å². The van der Waals surface area contributed by atoms with Crippen molar-refractivity contribution in [3.63, 3.8) is 0 Å². The molecule has 1 rings (SSSR count). The molecular weight excluding hydrogens is 170 g/mol. The Labute approximate surface area is 70.6 Å². The van der Waals surface area contributed by atoms with Crippen LogP contribution < -0.4 is 4.18 Å². The Morgan fingerprint density at radius 2 is 2.00 bits per heavy atom. The third-order valence-corrected chi connectivity index (χ3v) is 1.19. The standard InChI is InChI=1S/C6H7NOS.ClH/c1-9-8-6-2-4-7-5-3-6;/h2-5H,1H3;1H. The summed E-state index contributed by atoms with van der Waals surface area (Å²) in [6, 6.07) is 3.63. The second kappa shape index (κ2) is 5.38. The molecular formula is C6H8ClNOS. The van der Waals surface area contributed by atoms with E-state index in [0.717, 1.165) is 5.75 Å². The molecule has 0 unspecified atom stereocenters. The van der Waals surface area contributed by atoms with Crippen molar-refractivity contribution < 1.29 is 4.18 Å². The third kappa shape index (κ3) is 2.94. The first-order valence-corrected chi connectivity index (χ1v) is 3.69. The van der Waals surface area contributed by atoms with Crippen molar-refractivity contribution in [3.05, 3.63) is 24.5 Å². The molecule has 0 saturated heterocycles. The largest absolute Gasteiger partial charge is 0.426 e. The summed E-state index contributed by atoms with van der Waals surface area (Å²) in [5.74, 6) is 0.845. The molecule has 0 fully saturated rings. The first-order chi connectivity index (χ1) is 4.43. The van der Waals surface area contributed by atoms with Crippen molar-refractivity contribution in [2.75, 3.05) is 6.26 Å². The van der Waals surface area contributed by atoms with Crippen LogP contribution in [0.3, 0.4) is 0 Å². The van der Waals surface area contributed by atoms with E-state index in [1.54, 1.807) is 12.4 Å². The van der Waals surface area contributed by atoms with E-state index in [2.05, 4.69) is 4.98 Å². The van der Waals surface area contributed by atoms with Crippen LogP contribution in [0.1, 0.15) is 0 Å². The van der Waals surface area contributed by atoms with Crippen LogP contribution in [0.5, 0.6) is 5.75 Å². The SMILES string of the molecule is CSOc1ccncc1.Cl. The van der Waals surface area contributed by atoms with E-state index in [9.17, 15) is 0 Å². The van der Waals surface area contributed by atoms with Gasteiger partial charge >= 0.3 is 0 Å². The first-order valence-electron chi connectivity index (χ1n) is 2.54. The van der Waals surface area contributed by atoms with Gasteiger partial charge in [-0.1, -0.05) is 0 Å². The Kier molecular flexibility index (Phi) is 5.16. The van der Waals surface area contributed by atoms with E-state index in [1.807, 2.05) is 18.4 Å². The fraction of sp³-hybridized carbons (Fsp3) is 0.167. The summed E-state index contributed by atoms with van der Waals surface area (Å²) in [4.78, 5) is 3.84. The number of halogens is 1. The normalized spacial score (nSPS) is 8.10. The van der Waals surface area contributed by atoms with E-state index >= 15 is 0 Å². The van der Waals surface area contributed by atoms with Crippen LogP contribution in [0, 0.1) is 0 Å². The molecule has 0 aliphatic heterocycles. The Bertz CT molecular complexity index is 171. The van der Waals surface area contributed by atoms with Crippen LogP contribution >= 0.6 is 24.4 Å². The highest BCUT2D eigenvalue weighted by Crippen LogP contribution is 2.11. The van der Waals surface area contributed by atoms with Gasteiger partial charge in [0.25, 0.3) is 0 Å². The molecule has 0 aliphatic carbocycles. The molecule has 0 N–H and O–H groups in total. The molecule has 0 amide bonds. The van der Waals surface area contributed by atoms with E-state index in [4.69, 9.17) is 4.18 Å². The van der Waals surface area contributed by atoms with Gasteiger partial charge in [-0.05, 0) is 0 Å². The summed E-state index contributed by atoms with van der Waals surface area (Å²) >= 11 is 1.33. The average molecular weight is 178 g/mol. The molecule has 0 saturated carbocycles. The predicted molar refractivity (Wildman–Crippen MR) is 45.6 cm³/mol. The lowest BCUT2D eigenvalue weighted by Gasteiger charge is -1.96. The summed E-state index contributed by atoms with van der Waals surface area (Å²) in [5, 5.41) is 0. The van der Waals surface area contributed by atoms with Gasteiger partial charge in [0.15, 0.2) is 0 Å². The summed E-state index contributed by atoms with van der Waals surface area (Å²) in [7, 11) is 0. The summed E-state index contributed by atoms with van der Waals surface area (Å²) < 4.78 is 5.08. The molecule has 0 atom stereocenters. The van der Waals surface area contributed by atoms with Crippen molar-refractivity contribution in [2.24, 2.45) is 0 Å². The van der Waals surface area contributed by atoms with Crippen molar-refractivity contribution in [1.29, 1.82) is 0 Å². The Morgan fingerprint density at radius 3 is 2.50 bits per heavy atom. The van der Waals surface area contributed by atoms with Gasteiger partial charge in [0.2, 0.25) is 0 Å². The summed E-state index contributed by atoms with van der Waals surface area (Å²) in [6.45, 7) is 0. The molecule has 10 heavy (non-hydrogen) atoms. The van der Waals surface area contributed by atoms with Gasteiger partial charge in [0, 0.05) is 30.8 Å². The zero-order chi connectivity index (χ0) is 6.53.